The SMILES string of the molecule is COC(=O)[C@@H](O)[C@H](/C=C/C(C)c1ccccc1)C(F)(F)F. The fourth-order valence-electron chi connectivity index (χ4n) is 1.81. The molecule has 6 heteroatoms. The monoisotopic (exact) mass is 302 g/mol. The molecule has 0 saturated carbocycles. The molecular weight excluding hydrogens is 285 g/mol. The Hall–Kier alpha value is -1.82. The van der Waals surface area contributed by atoms with Crippen LogP contribution in [0, 0.1) is 5.92 Å². The number of carbonyl (C=O) groups excluding carboxylic acids is 1. The molecule has 0 aliphatic rings. The maximum absolute atomic E-state index is 12.9. The maximum atomic E-state index is 12.9. The number of aliphatic hydroxyl groups excluding tert-OH is 1. The van der Waals surface area contributed by atoms with Crippen LogP contribution in [0.3, 0.4) is 0 Å². The molecule has 1 aromatic rings. The molecule has 1 aromatic carbocycles. The Morgan fingerprint density at radius 3 is 2.29 bits per heavy atom. The van der Waals surface area contributed by atoms with Gasteiger partial charge in [0.2, 0.25) is 0 Å². The van der Waals surface area contributed by atoms with Gasteiger partial charge in [-0.15, -0.1) is 0 Å². The Bertz CT molecular complexity index is 483. The van der Waals surface area contributed by atoms with Crippen molar-refractivity contribution in [3.05, 3.63) is 48.0 Å². The number of allylic oxidation sites excluding steroid dienone is 1. The number of esters is 1. The van der Waals surface area contributed by atoms with E-state index in [0.717, 1.165) is 18.7 Å². The van der Waals surface area contributed by atoms with Crippen molar-refractivity contribution in [2.45, 2.75) is 25.1 Å². The Kier molecular flexibility index (Phi) is 5.96. The molecule has 0 bridgehead atoms. The molecule has 0 spiro atoms. The van der Waals surface area contributed by atoms with Crippen LogP contribution in [0.5, 0.6) is 0 Å². The molecule has 0 aliphatic carbocycles. The van der Waals surface area contributed by atoms with E-state index in [2.05, 4.69) is 4.74 Å². The van der Waals surface area contributed by atoms with E-state index in [-0.39, 0.29) is 5.92 Å². The van der Waals surface area contributed by atoms with Crippen molar-refractivity contribution in [1.82, 2.24) is 0 Å². The summed E-state index contributed by atoms with van der Waals surface area (Å²) >= 11 is 0. The first kappa shape index (κ1) is 17.2. The summed E-state index contributed by atoms with van der Waals surface area (Å²) in [5.41, 5.74) is 0.835. The number of benzene rings is 1. The molecule has 0 saturated heterocycles. The molecule has 0 aromatic heterocycles. The molecule has 21 heavy (non-hydrogen) atoms. The topological polar surface area (TPSA) is 46.5 Å². The van der Waals surface area contributed by atoms with Gasteiger partial charge < -0.3 is 9.84 Å². The van der Waals surface area contributed by atoms with E-state index < -0.39 is 24.2 Å². The highest BCUT2D eigenvalue weighted by atomic mass is 19.4. The molecule has 0 fully saturated rings. The van der Waals surface area contributed by atoms with Crippen molar-refractivity contribution in [2.24, 2.45) is 5.92 Å². The van der Waals surface area contributed by atoms with Gasteiger partial charge >= 0.3 is 12.1 Å². The zero-order chi connectivity index (χ0) is 16.0. The number of hydrogen-bond donors (Lipinski definition) is 1. The van der Waals surface area contributed by atoms with E-state index in [1.807, 2.05) is 0 Å². The van der Waals surface area contributed by atoms with Gasteiger partial charge in [-0.05, 0) is 11.5 Å². The third-order valence-corrected chi connectivity index (χ3v) is 3.09. The van der Waals surface area contributed by atoms with Crippen molar-refractivity contribution in [1.29, 1.82) is 0 Å². The third-order valence-electron chi connectivity index (χ3n) is 3.09. The standard InChI is InChI=1S/C15H17F3O3/c1-10(11-6-4-3-5-7-11)8-9-12(15(16,17)18)13(19)14(20)21-2/h3-10,12-13,19H,1-2H3/b9-8+/t10?,12-,13-/m0/s1. The summed E-state index contributed by atoms with van der Waals surface area (Å²) in [6.07, 6.45) is -4.88. The summed E-state index contributed by atoms with van der Waals surface area (Å²) < 4.78 is 42.9. The van der Waals surface area contributed by atoms with Crippen molar-refractivity contribution in [3.63, 3.8) is 0 Å². The molecule has 0 aliphatic heterocycles. The lowest BCUT2D eigenvalue weighted by molar-refractivity contribution is -0.196. The van der Waals surface area contributed by atoms with E-state index in [0.29, 0.717) is 0 Å². The van der Waals surface area contributed by atoms with Crippen LogP contribution < -0.4 is 0 Å². The van der Waals surface area contributed by atoms with E-state index in [1.54, 1.807) is 37.3 Å². The van der Waals surface area contributed by atoms with Crippen LogP contribution in [-0.2, 0) is 9.53 Å². The highest BCUT2D eigenvalue weighted by molar-refractivity contribution is 5.75. The lowest BCUT2D eigenvalue weighted by Crippen LogP contribution is -2.38. The first-order valence-corrected chi connectivity index (χ1v) is 6.33. The van der Waals surface area contributed by atoms with Crippen LogP contribution in [-0.4, -0.2) is 30.5 Å². The zero-order valence-corrected chi connectivity index (χ0v) is 11.7. The fourth-order valence-corrected chi connectivity index (χ4v) is 1.81. The van der Waals surface area contributed by atoms with Crippen molar-refractivity contribution in [3.8, 4) is 0 Å². The quantitative estimate of drug-likeness (QED) is 0.671. The highest BCUT2D eigenvalue weighted by Crippen LogP contribution is 2.31. The molecule has 3 nitrogen and oxygen atoms in total. The minimum Gasteiger partial charge on any atom is -0.467 e. The predicted octanol–water partition coefficient (Wildman–Crippen LogP) is 3.06. The van der Waals surface area contributed by atoms with Gasteiger partial charge in [0, 0.05) is 0 Å². The summed E-state index contributed by atoms with van der Waals surface area (Å²) in [6.45, 7) is 1.73. The van der Waals surface area contributed by atoms with E-state index in [9.17, 15) is 23.1 Å². The number of aliphatic hydroxyl groups is 1. The Balaban J connectivity index is 2.91. The number of rotatable bonds is 5. The van der Waals surface area contributed by atoms with Crippen LogP contribution >= 0.6 is 0 Å². The van der Waals surface area contributed by atoms with Gasteiger partial charge in [-0.2, -0.15) is 13.2 Å². The summed E-state index contributed by atoms with van der Waals surface area (Å²) in [4.78, 5) is 11.1. The smallest absolute Gasteiger partial charge is 0.398 e. The molecule has 3 atom stereocenters. The fraction of sp³-hybridized carbons (Fsp3) is 0.400. The zero-order valence-electron chi connectivity index (χ0n) is 11.7. The van der Waals surface area contributed by atoms with Gasteiger partial charge in [0.1, 0.15) is 5.92 Å². The normalized spacial score (nSPS) is 16.5. The second-order valence-electron chi connectivity index (χ2n) is 4.62. The lowest BCUT2D eigenvalue weighted by atomic mass is 9.95. The second-order valence-corrected chi connectivity index (χ2v) is 4.62. The number of methoxy groups -OCH3 is 1. The minimum absolute atomic E-state index is 0.277. The predicted molar refractivity (Wildman–Crippen MR) is 71.6 cm³/mol. The number of ether oxygens (including phenoxy) is 1. The molecule has 0 radical (unpaired) electrons. The Labute approximate surface area is 121 Å². The molecule has 116 valence electrons. The van der Waals surface area contributed by atoms with Gasteiger partial charge in [0.15, 0.2) is 6.10 Å². The Morgan fingerprint density at radius 2 is 1.81 bits per heavy atom. The number of alkyl halides is 3. The van der Waals surface area contributed by atoms with Crippen LogP contribution in [0.15, 0.2) is 42.5 Å². The average molecular weight is 302 g/mol. The van der Waals surface area contributed by atoms with Crippen LogP contribution in [0.2, 0.25) is 0 Å². The summed E-state index contributed by atoms with van der Waals surface area (Å²) in [5, 5.41) is 9.45. The van der Waals surface area contributed by atoms with Gasteiger partial charge in [-0.25, -0.2) is 4.79 Å². The average Bonchev–Trinajstić information content (AvgIpc) is 2.45. The molecular formula is C15H17F3O3. The van der Waals surface area contributed by atoms with Gasteiger partial charge in [-0.1, -0.05) is 49.4 Å². The lowest BCUT2D eigenvalue weighted by Gasteiger charge is -2.21. The van der Waals surface area contributed by atoms with Gasteiger partial charge in [0.25, 0.3) is 0 Å². The molecule has 1 N–H and O–H groups in total. The minimum atomic E-state index is -4.74. The first-order chi connectivity index (χ1) is 9.77. The van der Waals surface area contributed by atoms with Crippen molar-refractivity contribution >= 4 is 5.97 Å². The summed E-state index contributed by atoms with van der Waals surface area (Å²) in [7, 11) is 0.926. The summed E-state index contributed by atoms with van der Waals surface area (Å²) in [5.74, 6) is -3.88. The third kappa shape index (κ3) is 4.90. The van der Waals surface area contributed by atoms with E-state index >= 15 is 0 Å². The molecule has 1 rings (SSSR count). The van der Waals surface area contributed by atoms with Crippen LogP contribution in [0.4, 0.5) is 13.2 Å². The molecule has 1 unspecified atom stereocenters. The Morgan fingerprint density at radius 1 is 1.24 bits per heavy atom. The van der Waals surface area contributed by atoms with Crippen LogP contribution in [0.1, 0.15) is 18.4 Å². The van der Waals surface area contributed by atoms with E-state index in [4.69, 9.17) is 0 Å². The maximum Gasteiger partial charge on any atom is 0.398 e. The van der Waals surface area contributed by atoms with Gasteiger partial charge in [0.05, 0.1) is 7.11 Å². The van der Waals surface area contributed by atoms with Crippen molar-refractivity contribution in [2.75, 3.05) is 7.11 Å². The first-order valence-electron chi connectivity index (χ1n) is 6.33. The van der Waals surface area contributed by atoms with Crippen LogP contribution in [0.25, 0.3) is 0 Å². The number of halogens is 3. The highest BCUT2D eigenvalue weighted by Gasteiger charge is 2.45. The van der Waals surface area contributed by atoms with Crippen molar-refractivity contribution < 1.29 is 27.8 Å². The summed E-state index contributed by atoms with van der Waals surface area (Å²) in [6, 6.07) is 8.94. The van der Waals surface area contributed by atoms with Gasteiger partial charge in [-0.3, -0.25) is 0 Å². The number of hydrogen-bond acceptors (Lipinski definition) is 3. The van der Waals surface area contributed by atoms with E-state index in [1.165, 1.54) is 6.08 Å². The molecule has 0 heterocycles. The number of carbonyl (C=O) groups is 1. The second kappa shape index (κ2) is 7.26. The largest absolute Gasteiger partial charge is 0.467 e. The molecule has 0 amide bonds.